The van der Waals surface area contributed by atoms with Gasteiger partial charge in [0.15, 0.2) is 6.61 Å². The molecular formula is C14H15NO4. The van der Waals surface area contributed by atoms with E-state index in [0.717, 1.165) is 6.42 Å². The van der Waals surface area contributed by atoms with E-state index in [9.17, 15) is 14.4 Å². The molecule has 0 heterocycles. The lowest BCUT2D eigenvalue weighted by Gasteiger charge is -2.05. The molecule has 1 aliphatic rings. The highest BCUT2D eigenvalue weighted by Gasteiger charge is 2.40. The zero-order chi connectivity index (χ0) is 13.8. The SMILES string of the molecule is C[C@@H]1C[C@@H]1C(=O)OCC(=O)NC(=O)c1ccccc1. The highest BCUT2D eigenvalue weighted by molar-refractivity contribution is 6.05. The van der Waals surface area contributed by atoms with Crippen molar-refractivity contribution in [3.8, 4) is 0 Å². The lowest BCUT2D eigenvalue weighted by molar-refractivity contribution is -0.149. The Hall–Kier alpha value is -2.17. The standard InChI is InChI=1S/C14H15NO4/c1-9-7-11(9)14(18)19-8-12(16)15-13(17)10-5-3-2-4-6-10/h2-6,9,11H,7-8H2,1H3,(H,15,16,17)/t9-,11+/m1/s1. The maximum atomic E-state index is 11.6. The normalized spacial score (nSPS) is 20.5. The molecule has 2 atom stereocenters. The van der Waals surface area contributed by atoms with Crippen LogP contribution in [-0.2, 0) is 14.3 Å². The van der Waals surface area contributed by atoms with Crippen LogP contribution in [0.4, 0.5) is 0 Å². The number of amides is 2. The number of carbonyl (C=O) groups is 3. The van der Waals surface area contributed by atoms with Crippen molar-refractivity contribution in [1.82, 2.24) is 5.32 Å². The predicted octanol–water partition coefficient (Wildman–Crippen LogP) is 1.14. The van der Waals surface area contributed by atoms with Gasteiger partial charge in [-0.2, -0.15) is 0 Å². The number of benzene rings is 1. The summed E-state index contributed by atoms with van der Waals surface area (Å²) in [6.07, 6.45) is 0.809. The molecule has 1 aliphatic carbocycles. The fourth-order valence-electron chi connectivity index (χ4n) is 1.72. The van der Waals surface area contributed by atoms with E-state index < -0.39 is 18.4 Å². The lowest BCUT2D eigenvalue weighted by atomic mass is 10.2. The molecule has 0 radical (unpaired) electrons. The number of hydrogen-bond donors (Lipinski definition) is 1. The minimum atomic E-state index is -0.615. The van der Waals surface area contributed by atoms with Gasteiger partial charge in [0.2, 0.25) is 0 Å². The fourth-order valence-corrected chi connectivity index (χ4v) is 1.72. The highest BCUT2D eigenvalue weighted by Crippen LogP contribution is 2.38. The maximum absolute atomic E-state index is 11.6. The maximum Gasteiger partial charge on any atom is 0.309 e. The number of nitrogens with one attached hydrogen (secondary N) is 1. The molecule has 0 spiro atoms. The summed E-state index contributed by atoms with van der Waals surface area (Å²) in [6.45, 7) is 1.53. The first-order valence-electron chi connectivity index (χ1n) is 6.14. The molecule has 5 heteroatoms. The lowest BCUT2D eigenvalue weighted by Crippen LogP contribution is -2.34. The molecule has 1 fully saturated rings. The van der Waals surface area contributed by atoms with E-state index in [1.807, 2.05) is 6.92 Å². The van der Waals surface area contributed by atoms with E-state index in [1.54, 1.807) is 30.3 Å². The fraction of sp³-hybridized carbons (Fsp3) is 0.357. The molecule has 1 N–H and O–H groups in total. The third-order valence-electron chi connectivity index (χ3n) is 3.05. The molecule has 1 aromatic rings. The van der Waals surface area contributed by atoms with Crippen LogP contribution in [0.2, 0.25) is 0 Å². The second-order valence-electron chi connectivity index (χ2n) is 4.67. The average molecular weight is 261 g/mol. The minimum Gasteiger partial charge on any atom is -0.455 e. The van der Waals surface area contributed by atoms with Crippen LogP contribution in [0.1, 0.15) is 23.7 Å². The van der Waals surface area contributed by atoms with Crippen molar-refractivity contribution in [2.75, 3.05) is 6.61 Å². The van der Waals surface area contributed by atoms with Crippen LogP contribution in [0.15, 0.2) is 30.3 Å². The van der Waals surface area contributed by atoms with Gasteiger partial charge in [-0.05, 0) is 24.5 Å². The summed E-state index contributed by atoms with van der Waals surface area (Å²) in [4.78, 5) is 34.5. The van der Waals surface area contributed by atoms with E-state index in [0.29, 0.717) is 11.5 Å². The van der Waals surface area contributed by atoms with Gasteiger partial charge in [0, 0.05) is 5.56 Å². The summed E-state index contributed by atoms with van der Waals surface area (Å²) in [6, 6.07) is 8.37. The predicted molar refractivity (Wildman–Crippen MR) is 67.1 cm³/mol. The first kappa shape index (κ1) is 13.3. The van der Waals surface area contributed by atoms with Crippen molar-refractivity contribution in [2.45, 2.75) is 13.3 Å². The Morgan fingerprint density at radius 2 is 1.89 bits per heavy atom. The molecule has 2 rings (SSSR count). The van der Waals surface area contributed by atoms with Crippen molar-refractivity contribution in [2.24, 2.45) is 11.8 Å². The number of carbonyl (C=O) groups excluding carboxylic acids is 3. The zero-order valence-electron chi connectivity index (χ0n) is 10.6. The number of rotatable bonds is 4. The second-order valence-corrected chi connectivity index (χ2v) is 4.67. The average Bonchev–Trinajstić information content (AvgIpc) is 3.14. The van der Waals surface area contributed by atoms with Gasteiger partial charge >= 0.3 is 5.97 Å². The number of imide groups is 1. The van der Waals surface area contributed by atoms with Crippen molar-refractivity contribution in [1.29, 1.82) is 0 Å². The Morgan fingerprint density at radius 3 is 2.47 bits per heavy atom. The Balaban J connectivity index is 1.75. The third kappa shape index (κ3) is 3.64. The Kier molecular flexibility index (Phi) is 3.94. The molecule has 0 bridgehead atoms. The van der Waals surface area contributed by atoms with E-state index in [-0.39, 0.29) is 11.9 Å². The van der Waals surface area contributed by atoms with Gasteiger partial charge < -0.3 is 4.74 Å². The number of hydrogen-bond acceptors (Lipinski definition) is 4. The topological polar surface area (TPSA) is 72.5 Å². The van der Waals surface area contributed by atoms with Crippen LogP contribution in [0.3, 0.4) is 0 Å². The van der Waals surface area contributed by atoms with Gasteiger partial charge in [0.1, 0.15) is 0 Å². The molecule has 5 nitrogen and oxygen atoms in total. The van der Waals surface area contributed by atoms with Crippen LogP contribution in [0.5, 0.6) is 0 Å². The molecule has 0 unspecified atom stereocenters. The van der Waals surface area contributed by atoms with Crippen LogP contribution in [0.25, 0.3) is 0 Å². The summed E-state index contributed by atoms with van der Waals surface area (Å²) >= 11 is 0. The molecule has 1 saturated carbocycles. The summed E-state index contributed by atoms with van der Waals surface area (Å²) in [7, 11) is 0. The van der Waals surface area contributed by atoms with Crippen molar-refractivity contribution in [3.05, 3.63) is 35.9 Å². The van der Waals surface area contributed by atoms with Crippen LogP contribution in [-0.4, -0.2) is 24.4 Å². The Labute approximate surface area is 110 Å². The molecule has 0 saturated heterocycles. The van der Waals surface area contributed by atoms with Crippen molar-refractivity contribution >= 4 is 17.8 Å². The van der Waals surface area contributed by atoms with Gasteiger partial charge in [0.25, 0.3) is 11.8 Å². The summed E-state index contributed by atoms with van der Waals surface area (Å²) in [5.41, 5.74) is 0.387. The smallest absolute Gasteiger partial charge is 0.309 e. The van der Waals surface area contributed by atoms with Gasteiger partial charge in [-0.3, -0.25) is 19.7 Å². The van der Waals surface area contributed by atoms with E-state index in [4.69, 9.17) is 4.74 Å². The molecular weight excluding hydrogens is 246 g/mol. The zero-order valence-corrected chi connectivity index (χ0v) is 10.6. The first-order valence-corrected chi connectivity index (χ1v) is 6.14. The number of esters is 1. The van der Waals surface area contributed by atoms with E-state index >= 15 is 0 Å². The summed E-state index contributed by atoms with van der Waals surface area (Å²) in [5.74, 6) is -1.23. The molecule has 0 aromatic heterocycles. The van der Waals surface area contributed by atoms with Crippen molar-refractivity contribution < 1.29 is 19.1 Å². The quantitative estimate of drug-likeness (QED) is 0.825. The number of ether oxygens (including phenoxy) is 1. The van der Waals surface area contributed by atoms with E-state index in [1.165, 1.54) is 0 Å². The molecule has 19 heavy (non-hydrogen) atoms. The Morgan fingerprint density at radius 1 is 1.26 bits per heavy atom. The van der Waals surface area contributed by atoms with Gasteiger partial charge in [-0.25, -0.2) is 0 Å². The Bertz CT molecular complexity index is 497. The summed E-state index contributed by atoms with van der Waals surface area (Å²) in [5, 5.41) is 2.17. The van der Waals surface area contributed by atoms with Gasteiger partial charge in [0.05, 0.1) is 5.92 Å². The summed E-state index contributed by atoms with van der Waals surface area (Å²) < 4.78 is 4.83. The second kappa shape index (κ2) is 5.65. The van der Waals surface area contributed by atoms with Gasteiger partial charge in [-0.1, -0.05) is 25.1 Å². The molecule has 1 aromatic carbocycles. The third-order valence-corrected chi connectivity index (χ3v) is 3.05. The molecule has 100 valence electrons. The molecule has 2 amide bonds. The first-order chi connectivity index (χ1) is 9.08. The van der Waals surface area contributed by atoms with E-state index in [2.05, 4.69) is 5.32 Å². The van der Waals surface area contributed by atoms with Crippen LogP contribution < -0.4 is 5.32 Å². The monoisotopic (exact) mass is 261 g/mol. The minimum absolute atomic E-state index is 0.0855. The van der Waals surface area contributed by atoms with Crippen LogP contribution in [0, 0.1) is 11.8 Å². The van der Waals surface area contributed by atoms with Gasteiger partial charge in [-0.15, -0.1) is 0 Å². The van der Waals surface area contributed by atoms with Crippen molar-refractivity contribution in [3.63, 3.8) is 0 Å². The van der Waals surface area contributed by atoms with Crippen LogP contribution >= 0.6 is 0 Å². The largest absolute Gasteiger partial charge is 0.455 e. The highest BCUT2D eigenvalue weighted by atomic mass is 16.5. The molecule has 0 aliphatic heterocycles.